The van der Waals surface area contributed by atoms with Crippen LogP contribution in [0.5, 0.6) is 0 Å². The molecule has 0 unspecified atom stereocenters. The highest BCUT2D eigenvalue weighted by atomic mass is 35.5. The molecular formula is C12H12ClFN2O3S. The van der Waals surface area contributed by atoms with Crippen LogP contribution < -0.4 is 10.0 Å². The molecule has 0 aliphatic rings. The highest BCUT2D eigenvalue weighted by molar-refractivity contribution is 7.89. The van der Waals surface area contributed by atoms with E-state index in [1.807, 2.05) is 0 Å². The molecule has 0 aliphatic carbocycles. The zero-order valence-corrected chi connectivity index (χ0v) is 12.1. The Balaban J connectivity index is 2.11. The van der Waals surface area contributed by atoms with E-state index >= 15 is 0 Å². The number of furan rings is 1. The first-order valence-electron chi connectivity index (χ1n) is 5.64. The molecule has 2 aromatic rings. The van der Waals surface area contributed by atoms with Gasteiger partial charge in [-0.05, 0) is 31.3 Å². The van der Waals surface area contributed by atoms with Gasteiger partial charge >= 0.3 is 0 Å². The topological polar surface area (TPSA) is 71.3 Å². The number of nitrogens with one attached hydrogen (secondary N) is 2. The molecule has 8 heteroatoms. The molecule has 1 aromatic carbocycles. The van der Waals surface area contributed by atoms with Crippen molar-refractivity contribution in [1.82, 2.24) is 4.72 Å². The molecule has 0 spiro atoms. The average Bonchev–Trinajstić information content (AvgIpc) is 2.90. The predicted octanol–water partition coefficient (Wildman–Crippen LogP) is 2.59. The van der Waals surface area contributed by atoms with Crippen molar-refractivity contribution in [2.24, 2.45) is 0 Å². The summed E-state index contributed by atoms with van der Waals surface area (Å²) in [7, 11) is -2.33. The maximum atomic E-state index is 13.6. The standard InChI is InChI=1S/C12H12ClFN2O3S/c1-15-20(17,18)11-6-5-8(19-11)7-16-10-4-2-3-9(13)12(10)14/h2-6,15-16H,7H2,1H3. The van der Waals surface area contributed by atoms with E-state index in [0.29, 0.717) is 5.76 Å². The zero-order chi connectivity index (χ0) is 14.8. The summed E-state index contributed by atoms with van der Waals surface area (Å²) in [6, 6.07) is 7.39. The van der Waals surface area contributed by atoms with Gasteiger partial charge in [-0.1, -0.05) is 17.7 Å². The molecule has 0 fully saturated rings. The molecule has 2 rings (SSSR count). The molecule has 0 aliphatic heterocycles. The largest absolute Gasteiger partial charge is 0.446 e. The van der Waals surface area contributed by atoms with Crippen molar-refractivity contribution >= 4 is 27.3 Å². The molecule has 0 saturated carbocycles. The molecule has 1 heterocycles. The summed E-state index contributed by atoms with van der Waals surface area (Å²) in [5.41, 5.74) is 0.215. The van der Waals surface area contributed by atoms with E-state index < -0.39 is 15.8 Å². The third kappa shape index (κ3) is 3.12. The number of sulfonamides is 1. The van der Waals surface area contributed by atoms with E-state index in [-0.39, 0.29) is 22.3 Å². The minimum atomic E-state index is -3.61. The Kier molecular flexibility index (Phi) is 4.32. The first-order chi connectivity index (χ1) is 9.44. The van der Waals surface area contributed by atoms with Gasteiger partial charge in [0.25, 0.3) is 10.0 Å². The van der Waals surface area contributed by atoms with Crippen molar-refractivity contribution in [2.45, 2.75) is 11.6 Å². The van der Waals surface area contributed by atoms with Crippen LogP contribution in [0.4, 0.5) is 10.1 Å². The SMILES string of the molecule is CNS(=O)(=O)c1ccc(CNc2cccc(Cl)c2F)o1. The molecule has 0 amide bonds. The van der Waals surface area contributed by atoms with Gasteiger partial charge in [-0.25, -0.2) is 17.5 Å². The van der Waals surface area contributed by atoms with E-state index in [0.717, 1.165) is 0 Å². The van der Waals surface area contributed by atoms with Crippen LogP contribution in [0.25, 0.3) is 0 Å². The molecule has 2 N–H and O–H groups in total. The predicted molar refractivity (Wildman–Crippen MR) is 73.7 cm³/mol. The molecule has 108 valence electrons. The second-order valence-electron chi connectivity index (χ2n) is 3.88. The first kappa shape index (κ1) is 14.8. The minimum absolute atomic E-state index is 0.00731. The number of anilines is 1. The van der Waals surface area contributed by atoms with E-state index in [1.165, 1.54) is 31.3 Å². The van der Waals surface area contributed by atoms with Crippen LogP contribution in [0.1, 0.15) is 5.76 Å². The van der Waals surface area contributed by atoms with Gasteiger partial charge in [-0.2, -0.15) is 0 Å². The molecule has 0 atom stereocenters. The van der Waals surface area contributed by atoms with Gasteiger partial charge < -0.3 is 9.73 Å². The Labute approximate surface area is 120 Å². The summed E-state index contributed by atoms with van der Waals surface area (Å²) in [6.45, 7) is 0.135. The van der Waals surface area contributed by atoms with Crippen molar-refractivity contribution in [3.8, 4) is 0 Å². The van der Waals surface area contributed by atoms with Gasteiger partial charge in [-0.3, -0.25) is 0 Å². The third-order valence-electron chi connectivity index (χ3n) is 2.58. The molecule has 5 nitrogen and oxygen atoms in total. The molecule has 0 radical (unpaired) electrons. The van der Waals surface area contributed by atoms with Crippen LogP contribution in [-0.4, -0.2) is 15.5 Å². The zero-order valence-electron chi connectivity index (χ0n) is 10.5. The normalized spacial score (nSPS) is 11.6. The summed E-state index contributed by atoms with van der Waals surface area (Å²) < 4.78 is 43.9. The second kappa shape index (κ2) is 5.82. The molecule has 1 aromatic heterocycles. The summed E-state index contributed by atoms with van der Waals surface area (Å²) in [6.07, 6.45) is 0. The van der Waals surface area contributed by atoms with E-state index in [4.69, 9.17) is 16.0 Å². The highest BCUT2D eigenvalue weighted by Gasteiger charge is 2.16. The number of halogens is 2. The lowest BCUT2D eigenvalue weighted by Gasteiger charge is -2.06. The lowest BCUT2D eigenvalue weighted by Crippen LogP contribution is -2.17. The second-order valence-corrected chi connectivity index (χ2v) is 6.11. The van der Waals surface area contributed by atoms with E-state index in [1.54, 1.807) is 6.07 Å². The van der Waals surface area contributed by atoms with Crippen LogP contribution in [-0.2, 0) is 16.6 Å². The van der Waals surface area contributed by atoms with Gasteiger partial charge in [0.1, 0.15) is 5.76 Å². The Morgan fingerprint density at radius 1 is 1.30 bits per heavy atom. The Hall–Kier alpha value is -1.57. The molecular weight excluding hydrogens is 307 g/mol. The fourth-order valence-corrected chi connectivity index (χ4v) is 2.36. The average molecular weight is 319 g/mol. The van der Waals surface area contributed by atoms with Crippen molar-refractivity contribution in [3.63, 3.8) is 0 Å². The van der Waals surface area contributed by atoms with Crippen molar-refractivity contribution in [2.75, 3.05) is 12.4 Å². The lowest BCUT2D eigenvalue weighted by molar-refractivity contribution is 0.417. The van der Waals surface area contributed by atoms with Gasteiger partial charge in [0.15, 0.2) is 5.82 Å². The molecule has 0 bridgehead atoms. The Morgan fingerprint density at radius 2 is 2.05 bits per heavy atom. The van der Waals surface area contributed by atoms with Crippen molar-refractivity contribution < 1.29 is 17.2 Å². The summed E-state index contributed by atoms with van der Waals surface area (Å²) in [5, 5.41) is 2.60. The maximum Gasteiger partial charge on any atom is 0.273 e. The number of benzene rings is 1. The summed E-state index contributed by atoms with van der Waals surface area (Å²) in [4.78, 5) is 0. The fourth-order valence-electron chi connectivity index (χ4n) is 1.52. The van der Waals surface area contributed by atoms with Crippen LogP contribution in [0, 0.1) is 5.82 Å². The third-order valence-corrected chi connectivity index (χ3v) is 4.15. The number of rotatable bonds is 5. The number of hydrogen-bond donors (Lipinski definition) is 2. The van der Waals surface area contributed by atoms with Gasteiger partial charge in [0.2, 0.25) is 5.09 Å². The molecule has 20 heavy (non-hydrogen) atoms. The summed E-state index contributed by atoms with van der Waals surface area (Å²) >= 11 is 5.65. The Morgan fingerprint density at radius 3 is 2.75 bits per heavy atom. The quantitative estimate of drug-likeness (QED) is 0.889. The lowest BCUT2D eigenvalue weighted by atomic mass is 10.3. The van der Waals surface area contributed by atoms with Crippen molar-refractivity contribution in [3.05, 3.63) is 46.9 Å². The van der Waals surface area contributed by atoms with Gasteiger partial charge in [-0.15, -0.1) is 0 Å². The summed E-state index contributed by atoms with van der Waals surface area (Å²) in [5.74, 6) is -0.206. The van der Waals surface area contributed by atoms with Gasteiger partial charge in [0, 0.05) is 0 Å². The maximum absolute atomic E-state index is 13.6. The van der Waals surface area contributed by atoms with E-state index in [2.05, 4.69) is 10.0 Å². The van der Waals surface area contributed by atoms with Crippen LogP contribution in [0.3, 0.4) is 0 Å². The smallest absolute Gasteiger partial charge is 0.273 e. The van der Waals surface area contributed by atoms with E-state index in [9.17, 15) is 12.8 Å². The van der Waals surface area contributed by atoms with Crippen LogP contribution in [0.2, 0.25) is 5.02 Å². The first-order valence-corrected chi connectivity index (χ1v) is 7.50. The number of hydrogen-bond acceptors (Lipinski definition) is 4. The fraction of sp³-hybridized carbons (Fsp3) is 0.167. The monoisotopic (exact) mass is 318 g/mol. The highest BCUT2D eigenvalue weighted by Crippen LogP contribution is 2.23. The Bertz CT molecular complexity index is 715. The van der Waals surface area contributed by atoms with Crippen LogP contribution >= 0.6 is 11.6 Å². The van der Waals surface area contributed by atoms with Gasteiger partial charge in [0.05, 0.1) is 17.3 Å². The van der Waals surface area contributed by atoms with Crippen LogP contribution in [0.15, 0.2) is 39.8 Å². The van der Waals surface area contributed by atoms with Crippen molar-refractivity contribution in [1.29, 1.82) is 0 Å². The molecule has 0 saturated heterocycles. The minimum Gasteiger partial charge on any atom is -0.446 e.